The van der Waals surface area contributed by atoms with Gasteiger partial charge in [0, 0.05) is 23.3 Å². The van der Waals surface area contributed by atoms with Gasteiger partial charge in [-0.2, -0.15) is 0 Å². The van der Waals surface area contributed by atoms with Gasteiger partial charge in [0.15, 0.2) is 0 Å². The molecule has 0 unspecified atom stereocenters. The lowest BCUT2D eigenvalue weighted by atomic mass is 10.1. The first-order valence-corrected chi connectivity index (χ1v) is 7.03. The Kier molecular flexibility index (Phi) is 4.86. The third kappa shape index (κ3) is 3.30. The van der Waals surface area contributed by atoms with E-state index in [0.717, 1.165) is 41.8 Å². The molecule has 0 aliphatic heterocycles. The van der Waals surface area contributed by atoms with Crippen molar-refractivity contribution in [2.75, 3.05) is 25.5 Å². The Morgan fingerprint density at radius 3 is 2.74 bits per heavy atom. The smallest absolute Gasteiger partial charge is 0.0927 e. The number of fused-ring (bicyclic) bond motifs is 1. The van der Waals surface area contributed by atoms with Gasteiger partial charge in [0.2, 0.25) is 0 Å². The van der Waals surface area contributed by atoms with Crippen molar-refractivity contribution in [2.24, 2.45) is 0 Å². The fourth-order valence-corrected chi connectivity index (χ4v) is 2.36. The Morgan fingerprint density at radius 2 is 2.00 bits per heavy atom. The van der Waals surface area contributed by atoms with Crippen molar-refractivity contribution in [1.29, 1.82) is 0 Å². The molecule has 3 nitrogen and oxygen atoms in total. The number of rotatable bonds is 5. The zero-order valence-electron chi connectivity index (χ0n) is 11.1. The van der Waals surface area contributed by atoms with Crippen LogP contribution in [0, 0.1) is 6.92 Å². The topological polar surface area (TPSA) is 37.0 Å². The second-order valence-corrected chi connectivity index (χ2v) is 5.24. The van der Waals surface area contributed by atoms with Crippen molar-refractivity contribution in [2.45, 2.75) is 13.3 Å². The van der Waals surface area contributed by atoms with Crippen molar-refractivity contribution in [3.63, 3.8) is 0 Å². The van der Waals surface area contributed by atoms with Crippen LogP contribution in [0.25, 0.3) is 10.9 Å². The number of nitrogens with one attached hydrogen (secondary N) is 2. The van der Waals surface area contributed by atoms with E-state index in [1.54, 1.807) is 0 Å². The van der Waals surface area contributed by atoms with Gasteiger partial charge >= 0.3 is 0 Å². The highest BCUT2D eigenvalue weighted by Gasteiger charge is 2.09. The number of aromatic nitrogens is 1. The summed E-state index contributed by atoms with van der Waals surface area (Å²) >= 11 is 12.3. The lowest BCUT2D eigenvalue weighted by Gasteiger charge is -2.12. The molecule has 102 valence electrons. The summed E-state index contributed by atoms with van der Waals surface area (Å²) in [5.41, 5.74) is 2.73. The van der Waals surface area contributed by atoms with Crippen LogP contribution >= 0.6 is 23.2 Å². The van der Waals surface area contributed by atoms with Crippen LogP contribution < -0.4 is 10.6 Å². The molecule has 2 aromatic rings. The Balaban J connectivity index is 2.35. The van der Waals surface area contributed by atoms with Crippen LogP contribution in [-0.4, -0.2) is 25.1 Å². The van der Waals surface area contributed by atoms with Gasteiger partial charge in [0.1, 0.15) is 0 Å². The van der Waals surface area contributed by atoms with E-state index in [4.69, 9.17) is 23.2 Å². The van der Waals surface area contributed by atoms with Gasteiger partial charge in [0.25, 0.3) is 0 Å². The first-order chi connectivity index (χ1) is 9.13. The number of hydrogen-bond donors (Lipinski definition) is 2. The third-order valence-corrected chi connectivity index (χ3v) is 3.71. The maximum atomic E-state index is 6.22. The number of nitrogens with zero attached hydrogens (tertiary/aromatic N) is 1. The van der Waals surface area contributed by atoms with Gasteiger partial charge < -0.3 is 10.6 Å². The highest BCUT2D eigenvalue weighted by Crippen LogP contribution is 2.33. The summed E-state index contributed by atoms with van der Waals surface area (Å²) in [5, 5.41) is 8.61. The van der Waals surface area contributed by atoms with Gasteiger partial charge in [-0.1, -0.05) is 23.2 Å². The van der Waals surface area contributed by atoms with Crippen molar-refractivity contribution in [3.8, 4) is 0 Å². The van der Waals surface area contributed by atoms with E-state index in [0.29, 0.717) is 10.0 Å². The van der Waals surface area contributed by atoms with Gasteiger partial charge in [-0.3, -0.25) is 4.98 Å². The second kappa shape index (κ2) is 6.42. The molecule has 0 saturated carbocycles. The minimum atomic E-state index is 0.515. The Bertz CT molecular complexity index is 584. The van der Waals surface area contributed by atoms with Crippen molar-refractivity contribution in [1.82, 2.24) is 10.3 Å². The summed E-state index contributed by atoms with van der Waals surface area (Å²) in [7, 11) is 1.95. The molecule has 1 aromatic heterocycles. The highest BCUT2D eigenvalue weighted by atomic mass is 35.5. The maximum Gasteiger partial charge on any atom is 0.0927 e. The van der Waals surface area contributed by atoms with Crippen LogP contribution in [0.4, 0.5) is 5.69 Å². The predicted molar refractivity (Wildman–Crippen MR) is 83.5 cm³/mol. The summed E-state index contributed by atoms with van der Waals surface area (Å²) in [6.07, 6.45) is 1.06. The molecule has 0 aliphatic rings. The van der Waals surface area contributed by atoms with E-state index in [-0.39, 0.29) is 0 Å². The fourth-order valence-electron chi connectivity index (χ4n) is 2.00. The summed E-state index contributed by atoms with van der Waals surface area (Å²) in [5.74, 6) is 0. The van der Waals surface area contributed by atoms with Crippen LogP contribution in [0.1, 0.15) is 12.1 Å². The van der Waals surface area contributed by atoms with Crippen molar-refractivity contribution < 1.29 is 0 Å². The van der Waals surface area contributed by atoms with E-state index in [1.807, 2.05) is 32.2 Å². The molecule has 0 radical (unpaired) electrons. The molecule has 0 amide bonds. The Morgan fingerprint density at radius 1 is 1.21 bits per heavy atom. The molecular weight excluding hydrogens is 281 g/mol. The number of halogens is 2. The molecule has 0 saturated heterocycles. The zero-order chi connectivity index (χ0) is 13.8. The molecule has 19 heavy (non-hydrogen) atoms. The molecule has 0 bridgehead atoms. The molecule has 0 aliphatic carbocycles. The largest absolute Gasteiger partial charge is 0.384 e. The van der Waals surface area contributed by atoms with Crippen LogP contribution in [0.3, 0.4) is 0 Å². The minimum absolute atomic E-state index is 0.515. The normalized spacial score (nSPS) is 10.9. The van der Waals surface area contributed by atoms with Crippen LogP contribution in [0.2, 0.25) is 10.0 Å². The molecule has 2 N–H and O–H groups in total. The minimum Gasteiger partial charge on any atom is -0.384 e. The lowest BCUT2D eigenvalue weighted by molar-refractivity contribution is 0.748. The summed E-state index contributed by atoms with van der Waals surface area (Å²) in [6.45, 7) is 3.84. The Labute approximate surface area is 123 Å². The van der Waals surface area contributed by atoms with Crippen LogP contribution in [0.15, 0.2) is 18.2 Å². The number of hydrogen-bond acceptors (Lipinski definition) is 3. The average Bonchev–Trinajstić information content (AvgIpc) is 2.39. The maximum absolute atomic E-state index is 6.22. The van der Waals surface area contributed by atoms with Crippen molar-refractivity contribution >= 4 is 39.8 Å². The number of anilines is 1. The average molecular weight is 298 g/mol. The molecule has 5 heteroatoms. The molecule has 0 atom stereocenters. The van der Waals surface area contributed by atoms with Crippen molar-refractivity contribution in [3.05, 3.63) is 33.9 Å². The number of aryl methyl sites for hydroxylation is 1. The summed E-state index contributed by atoms with van der Waals surface area (Å²) in [6, 6.07) is 5.80. The predicted octanol–water partition coefficient (Wildman–Crippen LogP) is 3.87. The molecule has 0 spiro atoms. The SMILES string of the molecule is CNCCCNc1cc(C)nc2c(Cl)c(Cl)ccc12. The summed E-state index contributed by atoms with van der Waals surface area (Å²) < 4.78 is 0. The standard InChI is InChI=1S/C14H17Cl2N3/c1-9-8-12(18-7-3-6-17-2)10-4-5-11(15)13(16)14(10)19-9/h4-5,8,17H,3,6-7H2,1-2H3,(H,18,19). The second-order valence-electron chi connectivity index (χ2n) is 4.45. The highest BCUT2D eigenvalue weighted by molar-refractivity contribution is 6.45. The van der Waals surface area contributed by atoms with Crippen LogP contribution in [0.5, 0.6) is 0 Å². The molecule has 2 rings (SSSR count). The van der Waals surface area contributed by atoms with Crippen LogP contribution in [-0.2, 0) is 0 Å². The quantitative estimate of drug-likeness (QED) is 0.823. The van der Waals surface area contributed by atoms with E-state index in [1.165, 1.54) is 0 Å². The first-order valence-electron chi connectivity index (χ1n) is 6.27. The monoisotopic (exact) mass is 297 g/mol. The molecule has 0 fully saturated rings. The van der Waals surface area contributed by atoms with E-state index in [2.05, 4.69) is 15.6 Å². The van der Waals surface area contributed by atoms with Gasteiger partial charge in [-0.15, -0.1) is 0 Å². The summed E-state index contributed by atoms with van der Waals surface area (Å²) in [4.78, 5) is 4.47. The number of pyridine rings is 1. The first kappa shape index (κ1) is 14.4. The van der Waals surface area contributed by atoms with Gasteiger partial charge in [0.05, 0.1) is 15.6 Å². The van der Waals surface area contributed by atoms with E-state index < -0.39 is 0 Å². The Hall–Kier alpha value is -1.03. The molecule has 1 aromatic carbocycles. The van der Waals surface area contributed by atoms with E-state index >= 15 is 0 Å². The molecular formula is C14H17Cl2N3. The lowest BCUT2D eigenvalue weighted by Crippen LogP contribution is -2.13. The van der Waals surface area contributed by atoms with E-state index in [9.17, 15) is 0 Å². The zero-order valence-corrected chi connectivity index (χ0v) is 12.6. The van der Waals surface area contributed by atoms with Gasteiger partial charge in [-0.05, 0) is 45.1 Å². The van der Waals surface area contributed by atoms with Gasteiger partial charge in [-0.25, -0.2) is 0 Å². The molecule has 1 heterocycles. The fraction of sp³-hybridized carbons (Fsp3) is 0.357. The number of benzene rings is 1. The third-order valence-electron chi connectivity index (χ3n) is 2.92.